The Hall–Kier alpha value is -5.51. The normalized spacial score (nSPS) is 17.6. The first-order chi connectivity index (χ1) is 24.3. The van der Waals surface area contributed by atoms with Crippen LogP contribution in [0.1, 0.15) is 45.5 Å². The zero-order valence-corrected chi connectivity index (χ0v) is 27.7. The lowest BCUT2D eigenvalue weighted by Gasteiger charge is -2.21. The van der Waals surface area contributed by atoms with E-state index in [9.17, 15) is 0 Å². The smallest absolute Gasteiger partial charge is 0.0537 e. The molecule has 0 saturated heterocycles. The van der Waals surface area contributed by atoms with Gasteiger partial charge in [-0.05, 0) is 99.5 Å². The highest BCUT2D eigenvalue weighted by atomic mass is 32.2. The van der Waals surface area contributed by atoms with Crippen LogP contribution in [0.5, 0.6) is 0 Å². The molecule has 2 unspecified atom stereocenters. The number of hydrogen-bond acceptors (Lipinski definition) is 1. The molecule has 2 aromatic heterocycles. The second-order valence-electron chi connectivity index (χ2n) is 13.7. The Morgan fingerprint density at radius 1 is 0.592 bits per heavy atom. The van der Waals surface area contributed by atoms with Gasteiger partial charge in [-0.3, -0.25) is 0 Å². The maximum atomic E-state index is 2.53. The molecule has 3 heterocycles. The van der Waals surface area contributed by atoms with Crippen LogP contribution in [0.4, 0.5) is 0 Å². The van der Waals surface area contributed by atoms with Crippen LogP contribution < -0.4 is 0 Å². The van der Waals surface area contributed by atoms with E-state index < -0.39 is 0 Å². The third kappa shape index (κ3) is 4.09. The van der Waals surface area contributed by atoms with Gasteiger partial charge in [0.2, 0.25) is 0 Å². The van der Waals surface area contributed by atoms with Gasteiger partial charge < -0.3 is 9.13 Å². The van der Waals surface area contributed by atoms with Gasteiger partial charge in [-0.1, -0.05) is 109 Å². The number of rotatable bonds is 3. The first-order valence-electron chi connectivity index (χ1n) is 17.3. The van der Waals surface area contributed by atoms with Gasteiger partial charge in [0, 0.05) is 62.3 Å². The molecule has 8 aromatic rings. The van der Waals surface area contributed by atoms with Gasteiger partial charge in [-0.25, -0.2) is 0 Å². The lowest BCUT2D eigenvalue weighted by Crippen LogP contribution is -2.10. The monoisotopic (exact) mass is 644 g/mol. The Kier molecular flexibility index (Phi) is 5.88. The number of nitrogens with zero attached hydrogens (tertiary/aromatic N) is 2. The molecule has 1 aliphatic heterocycles. The van der Waals surface area contributed by atoms with E-state index >= 15 is 0 Å². The molecule has 2 nitrogen and oxygen atoms in total. The Morgan fingerprint density at radius 3 is 2.33 bits per heavy atom. The summed E-state index contributed by atoms with van der Waals surface area (Å²) in [6, 6.07) is 51.6. The third-order valence-corrected chi connectivity index (χ3v) is 12.3. The van der Waals surface area contributed by atoms with Gasteiger partial charge in [0.1, 0.15) is 0 Å². The number of thioether (sulfide) groups is 1. The summed E-state index contributed by atoms with van der Waals surface area (Å²) in [4.78, 5) is 2.89. The second-order valence-corrected chi connectivity index (χ2v) is 14.8. The van der Waals surface area contributed by atoms with Gasteiger partial charge in [-0.2, -0.15) is 0 Å². The molecule has 0 fully saturated rings. The molecule has 49 heavy (non-hydrogen) atoms. The zero-order chi connectivity index (χ0) is 32.1. The van der Waals surface area contributed by atoms with Crippen molar-refractivity contribution in [1.29, 1.82) is 0 Å². The van der Waals surface area contributed by atoms with Gasteiger partial charge in [0.05, 0.1) is 11.0 Å². The van der Waals surface area contributed by atoms with Crippen LogP contribution in [0.3, 0.4) is 0 Å². The molecule has 0 bridgehead atoms. The van der Waals surface area contributed by atoms with E-state index in [1.54, 1.807) is 0 Å². The standard InChI is InChI=1S/C46H32N2S/c1-2-12-33(13-3-1)47-43-23-20-32(26-38(43)39-28-46-40(27-44(39)47)36-15-7-9-17-45(36)49-46)31-19-22-42-37(25-31)35-14-6-8-16-41(35)48(42)34-21-18-29-10-4-5-11-30(29)24-34/h1-24,26,28,31,40H,25,27H2. The molecule has 232 valence electrons. The summed E-state index contributed by atoms with van der Waals surface area (Å²) >= 11 is 1.96. The Morgan fingerprint density at radius 2 is 1.39 bits per heavy atom. The molecule has 11 rings (SSSR count). The largest absolute Gasteiger partial charge is 0.313 e. The van der Waals surface area contributed by atoms with Crippen molar-refractivity contribution in [2.75, 3.05) is 0 Å². The fourth-order valence-electron chi connectivity index (χ4n) is 8.77. The summed E-state index contributed by atoms with van der Waals surface area (Å²) in [5, 5.41) is 5.25. The van der Waals surface area contributed by atoms with Crippen LogP contribution in [-0.4, -0.2) is 9.13 Å². The Labute approximate surface area is 289 Å². The van der Waals surface area contributed by atoms with Crippen molar-refractivity contribution >= 4 is 56.5 Å². The molecular weight excluding hydrogens is 613 g/mol. The number of allylic oxidation sites excluding steroid dienone is 2. The maximum Gasteiger partial charge on any atom is 0.0537 e. The number of para-hydroxylation sites is 2. The molecule has 0 amide bonds. The molecule has 0 spiro atoms. The minimum absolute atomic E-state index is 0.303. The van der Waals surface area contributed by atoms with Crippen LogP contribution in [0.2, 0.25) is 0 Å². The molecule has 3 aliphatic rings. The summed E-state index contributed by atoms with van der Waals surface area (Å²) in [6.45, 7) is 0. The van der Waals surface area contributed by atoms with E-state index in [0.717, 1.165) is 12.8 Å². The van der Waals surface area contributed by atoms with Crippen molar-refractivity contribution in [1.82, 2.24) is 9.13 Å². The number of hydrogen-bond donors (Lipinski definition) is 0. The number of benzene rings is 6. The van der Waals surface area contributed by atoms with Crippen LogP contribution in [0.15, 0.2) is 155 Å². The van der Waals surface area contributed by atoms with Crippen molar-refractivity contribution in [2.45, 2.75) is 29.6 Å². The molecule has 3 heteroatoms. The van der Waals surface area contributed by atoms with E-state index in [0.29, 0.717) is 11.8 Å². The minimum Gasteiger partial charge on any atom is -0.313 e. The molecule has 0 N–H and O–H groups in total. The van der Waals surface area contributed by atoms with Crippen molar-refractivity contribution in [3.05, 3.63) is 184 Å². The summed E-state index contributed by atoms with van der Waals surface area (Å²) in [7, 11) is 0. The van der Waals surface area contributed by atoms with Crippen molar-refractivity contribution in [3.63, 3.8) is 0 Å². The first-order valence-corrected chi connectivity index (χ1v) is 18.1. The van der Waals surface area contributed by atoms with E-state index in [1.807, 2.05) is 11.8 Å². The van der Waals surface area contributed by atoms with E-state index in [-0.39, 0.29) is 0 Å². The van der Waals surface area contributed by atoms with Crippen LogP contribution in [0, 0.1) is 0 Å². The molecule has 0 radical (unpaired) electrons. The van der Waals surface area contributed by atoms with Crippen LogP contribution >= 0.6 is 11.8 Å². The minimum atomic E-state index is 0.303. The highest BCUT2D eigenvalue weighted by molar-refractivity contribution is 8.03. The van der Waals surface area contributed by atoms with Gasteiger partial charge in [-0.15, -0.1) is 0 Å². The molecular formula is C46H32N2S. The fraction of sp³-hybridized carbons (Fsp3) is 0.0870. The lowest BCUT2D eigenvalue weighted by atomic mass is 9.85. The van der Waals surface area contributed by atoms with Crippen LogP contribution in [-0.2, 0) is 12.8 Å². The first kappa shape index (κ1) is 27.4. The SMILES string of the molecule is C1=CC(c2ccc3c(c2)c2c(n3-c3ccccc3)CC3C(=C2)Sc2ccccc23)Cc2c1n(-c1ccc3ccccc3c1)c1ccccc21. The highest BCUT2D eigenvalue weighted by Gasteiger charge is 2.35. The predicted molar refractivity (Wildman–Crippen MR) is 206 cm³/mol. The second kappa shape index (κ2) is 10.5. The number of fused-ring (bicyclic) bond motifs is 10. The number of aromatic nitrogens is 2. The quantitative estimate of drug-likeness (QED) is 0.186. The lowest BCUT2D eigenvalue weighted by molar-refractivity contribution is 0.772. The Bertz CT molecular complexity index is 2700. The molecule has 2 aliphatic carbocycles. The predicted octanol–water partition coefficient (Wildman–Crippen LogP) is 11.9. The maximum absolute atomic E-state index is 2.53. The third-order valence-electron chi connectivity index (χ3n) is 11.0. The topological polar surface area (TPSA) is 9.86 Å². The molecule has 6 aromatic carbocycles. The highest BCUT2D eigenvalue weighted by Crippen LogP contribution is 2.54. The van der Waals surface area contributed by atoms with E-state index in [2.05, 4.69) is 167 Å². The zero-order valence-electron chi connectivity index (χ0n) is 26.9. The summed E-state index contributed by atoms with van der Waals surface area (Å²) in [5.74, 6) is 0.733. The van der Waals surface area contributed by atoms with E-state index in [4.69, 9.17) is 0 Å². The van der Waals surface area contributed by atoms with E-state index in [1.165, 1.54) is 87.4 Å². The Balaban J connectivity index is 1.04. The van der Waals surface area contributed by atoms with Crippen LogP contribution in [0.25, 0.3) is 56.1 Å². The van der Waals surface area contributed by atoms with Gasteiger partial charge in [0.15, 0.2) is 0 Å². The average molecular weight is 645 g/mol. The van der Waals surface area contributed by atoms with Gasteiger partial charge in [0.25, 0.3) is 0 Å². The van der Waals surface area contributed by atoms with Crippen molar-refractivity contribution in [2.24, 2.45) is 0 Å². The summed E-state index contributed by atoms with van der Waals surface area (Å²) in [5.41, 5.74) is 13.4. The fourth-order valence-corrected chi connectivity index (χ4v) is 10.0. The molecule has 0 saturated carbocycles. The van der Waals surface area contributed by atoms with Crippen molar-refractivity contribution in [3.8, 4) is 11.4 Å². The summed E-state index contributed by atoms with van der Waals surface area (Å²) < 4.78 is 4.99. The van der Waals surface area contributed by atoms with Gasteiger partial charge >= 0.3 is 0 Å². The summed E-state index contributed by atoms with van der Waals surface area (Å²) in [6.07, 6.45) is 9.33. The van der Waals surface area contributed by atoms with Crippen molar-refractivity contribution < 1.29 is 0 Å². The molecule has 2 atom stereocenters. The average Bonchev–Trinajstić information content (AvgIpc) is 3.80.